The molecule has 1 aliphatic heterocycles. The van der Waals surface area contributed by atoms with E-state index in [4.69, 9.17) is 9.47 Å². The lowest BCUT2D eigenvalue weighted by molar-refractivity contribution is -0.141. The van der Waals surface area contributed by atoms with E-state index in [0.29, 0.717) is 24.8 Å². The van der Waals surface area contributed by atoms with Crippen molar-refractivity contribution >= 4 is 17.7 Å². The minimum Gasteiger partial charge on any atom is -0.462 e. The van der Waals surface area contributed by atoms with Crippen molar-refractivity contribution in [1.29, 1.82) is 0 Å². The summed E-state index contributed by atoms with van der Waals surface area (Å²) in [5.41, 5.74) is 2.58. The maximum Gasteiger partial charge on any atom is 0.338 e. The molecular weight excluding hydrogens is 440 g/mol. The number of benzene rings is 2. The Labute approximate surface area is 207 Å². The van der Waals surface area contributed by atoms with Gasteiger partial charge in [0.25, 0.3) is 0 Å². The number of hydrogen-bond acceptors (Lipinski definition) is 5. The molecule has 0 radical (unpaired) electrons. The highest BCUT2D eigenvalue weighted by molar-refractivity contribution is 5.91. The molecule has 1 saturated carbocycles. The van der Waals surface area contributed by atoms with E-state index in [9.17, 15) is 14.4 Å². The van der Waals surface area contributed by atoms with Crippen molar-refractivity contribution in [2.45, 2.75) is 70.5 Å². The predicted molar refractivity (Wildman–Crippen MR) is 135 cm³/mol. The van der Waals surface area contributed by atoms with E-state index in [1.54, 1.807) is 18.2 Å². The summed E-state index contributed by atoms with van der Waals surface area (Å²) in [6.45, 7) is 2.17. The zero-order chi connectivity index (χ0) is 24.6. The molecule has 1 aliphatic carbocycles. The number of fused-ring (bicyclic) bond motifs is 1. The average molecular weight is 475 g/mol. The van der Waals surface area contributed by atoms with Crippen molar-refractivity contribution in [1.82, 2.24) is 0 Å². The number of carbonyl (C=O) groups excluding carboxylic acids is 3. The summed E-state index contributed by atoms with van der Waals surface area (Å²) in [6, 6.07) is 17.3. The highest BCUT2D eigenvalue weighted by Gasteiger charge is 2.50. The van der Waals surface area contributed by atoms with Crippen molar-refractivity contribution in [3.05, 3.63) is 72.3 Å². The number of unbranched alkanes of at least 4 members (excludes halogenated alkanes) is 4. The van der Waals surface area contributed by atoms with Crippen LogP contribution in [-0.2, 0) is 19.1 Å². The number of allylic oxidation sites excluding steroid dienone is 1. The summed E-state index contributed by atoms with van der Waals surface area (Å²) < 4.78 is 11.4. The first kappa shape index (κ1) is 24.9. The summed E-state index contributed by atoms with van der Waals surface area (Å²) in [5, 5.41) is 0. The Morgan fingerprint density at radius 3 is 2.43 bits per heavy atom. The van der Waals surface area contributed by atoms with E-state index in [1.807, 2.05) is 48.5 Å². The SMILES string of the molecule is CCCCCCCC(=O)C=C[C@@H]1[C@H]2CC(=O)O[C@@H]2C[C@H]1OC(=O)c1ccc(-c2ccccc2)cc1. The molecule has 0 unspecified atom stereocenters. The Kier molecular flexibility index (Phi) is 8.51. The summed E-state index contributed by atoms with van der Waals surface area (Å²) in [7, 11) is 0. The Bertz CT molecular complexity index is 1040. The maximum absolute atomic E-state index is 12.9. The lowest BCUT2D eigenvalue weighted by Gasteiger charge is -2.20. The molecule has 1 saturated heterocycles. The van der Waals surface area contributed by atoms with Crippen LogP contribution in [0.15, 0.2) is 66.7 Å². The van der Waals surface area contributed by atoms with Gasteiger partial charge in [0.15, 0.2) is 5.78 Å². The van der Waals surface area contributed by atoms with Gasteiger partial charge in [0.2, 0.25) is 0 Å². The zero-order valence-electron chi connectivity index (χ0n) is 20.4. The molecule has 2 aromatic rings. The van der Waals surface area contributed by atoms with Crippen molar-refractivity contribution in [3.63, 3.8) is 0 Å². The molecule has 0 amide bonds. The van der Waals surface area contributed by atoms with Crippen LogP contribution in [0, 0.1) is 11.8 Å². The van der Waals surface area contributed by atoms with Crippen molar-refractivity contribution in [2.24, 2.45) is 11.8 Å². The zero-order valence-corrected chi connectivity index (χ0v) is 20.4. The third-order valence-electron chi connectivity index (χ3n) is 7.07. The first-order valence-corrected chi connectivity index (χ1v) is 12.8. The Morgan fingerprint density at radius 1 is 0.971 bits per heavy atom. The highest BCUT2D eigenvalue weighted by atomic mass is 16.6. The fourth-order valence-electron chi connectivity index (χ4n) is 5.13. The van der Waals surface area contributed by atoms with Gasteiger partial charge in [-0.25, -0.2) is 4.79 Å². The van der Waals surface area contributed by atoms with E-state index < -0.39 is 12.1 Å². The van der Waals surface area contributed by atoms with Gasteiger partial charge in [-0.05, 0) is 35.8 Å². The van der Waals surface area contributed by atoms with Gasteiger partial charge in [-0.15, -0.1) is 0 Å². The molecule has 35 heavy (non-hydrogen) atoms. The smallest absolute Gasteiger partial charge is 0.338 e. The van der Waals surface area contributed by atoms with Gasteiger partial charge >= 0.3 is 11.9 Å². The number of ketones is 1. The monoisotopic (exact) mass is 474 g/mol. The first-order valence-electron chi connectivity index (χ1n) is 12.8. The van der Waals surface area contributed by atoms with Crippen LogP contribution in [0.25, 0.3) is 11.1 Å². The number of carbonyl (C=O) groups is 3. The van der Waals surface area contributed by atoms with Crippen molar-refractivity contribution < 1.29 is 23.9 Å². The van der Waals surface area contributed by atoms with E-state index in [2.05, 4.69) is 6.92 Å². The summed E-state index contributed by atoms with van der Waals surface area (Å²) in [6.07, 6.45) is 9.54. The second-order valence-corrected chi connectivity index (χ2v) is 9.59. The van der Waals surface area contributed by atoms with Gasteiger partial charge < -0.3 is 9.47 Å². The number of ether oxygens (including phenoxy) is 2. The summed E-state index contributed by atoms with van der Waals surface area (Å²) in [4.78, 5) is 37.2. The molecule has 0 N–H and O–H groups in total. The molecule has 1 heterocycles. The normalized spacial score (nSPS) is 23.3. The molecule has 4 atom stereocenters. The molecule has 5 nitrogen and oxygen atoms in total. The predicted octanol–water partition coefficient (Wildman–Crippen LogP) is 6.32. The molecule has 0 aromatic heterocycles. The fraction of sp³-hybridized carbons (Fsp3) is 0.433. The third kappa shape index (κ3) is 6.47. The van der Waals surface area contributed by atoms with Gasteiger partial charge in [0.05, 0.1) is 12.0 Å². The largest absolute Gasteiger partial charge is 0.462 e. The van der Waals surface area contributed by atoms with Crippen molar-refractivity contribution in [3.8, 4) is 11.1 Å². The van der Waals surface area contributed by atoms with Crippen LogP contribution in [0.4, 0.5) is 0 Å². The molecule has 2 fully saturated rings. The fourth-order valence-corrected chi connectivity index (χ4v) is 5.13. The van der Waals surface area contributed by atoms with Gasteiger partial charge in [-0.2, -0.15) is 0 Å². The number of hydrogen-bond donors (Lipinski definition) is 0. The highest BCUT2D eigenvalue weighted by Crippen LogP contribution is 2.43. The Balaban J connectivity index is 1.38. The summed E-state index contributed by atoms with van der Waals surface area (Å²) >= 11 is 0. The van der Waals surface area contributed by atoms with Crippen LogP contribution in [0.2, 0.25) is 0 Å². The Morgan fingerprint density at radius 2 is 1.69 bits per heavy atom. The van der Waals surface area contributed by atoms with Crippen LogP contribution in [-0.4, -0.2) is 29.9 Å². The average Bonchev–Trinajstić information content (AvgIpc) is 3.38. The molecule has 5 heteroatoms. The molecule has 2 aliphatic rings. The number of esters is 2. The molecule has 184 valence electrons. The molecule has 0 bridgehead atoms. The molecule has 2 aromatic carbocycles. The van der Waals surface area contributed by atoms with Crippen LogP contribution in [0.1, 0.15) is 68.6 Å². The quantitative estimate of drug-likeness (QED) is 0.217. The minimum atomic E-state index is -0.423. The molecule has 0 spiro atoms. The van der Waals surface area contributed by atoms with Crippen LogP contribution in [0.5, 0.6) is 0 Å². The van der Waals surface area contributed by atoms with E-state index in [1.165, 1.54) is 12.8 Å². The minimum absolute atomic E-state index is 0.0608. The maximum atomic E-state index is 12.9. The second kappa shape index (κ2) is 12.0. The van der Waals surface area contributed by atoms with Gasteiger partial charge in [-0.1, -0.05) is 81.1 Å². The lowest BCUT2D eigenvalue weighted by Crippen LogP contribution is -2.25. The van der Waals surface area contributed by atoms with Crippen molar-refractivity contribution in [2.75, 3.05) is 0 Å². The van der Waals surface area contributed by atoms with Gasteiger partial charge in [0.1, 0.15) is 12.2 Å². The van der Waals surface area contributed by atoms with E-state index in [0.717, 1.165) is 30.4 Å². The molecular formula is C30H34O5. The van der Waals surface area contributed by atoms with E-state index in [-0.39, 0.29) is 29.7 Å². The van der Waals surface area contributed by atoms with E-state index >= 15 is 0 Å². The number of rotatable bonds is 11. The van der Waals surface area contributed by atoms with Crippen LogP contribution < -0.4 is 0 Å². The standard InChI is InChI=1S/C30H34O5/c1-2-3-4-5-9-12-24(31)17-18-25-26-19-29(32)34-28(26)20-27(25)35-30(33)23-15-13-22(14-16-23)21-10-7-6-8-11-21/h6-8,10-11,13-18,25-28H,2-5,9,12,19-20H2,1H3/t25-,26-,27-,28-/m1/s1. The third-order valence-corrected chi connectivity index (χ3v) is 7.07. The van der Waals surface area contributed by atoms with Crippen LogP contribution >= 0.6 is 0 Å². The first-order chi connectivity index (χ1) is 17.0. The Hall–Kier alpha value is -3.21. The second-order valence-electron chi connectivity index (χ2n) is 9.59. The molecule has 4 rings (SSSR count). The lowest BCUT2D eigenvalue weighted by atomic mass is 9.91. The van der Waals surface area contributed by atoms with Crippen LogP contribution in [0.3, 0.4) is 0 Å². The van der Waals surface area contributed by atoms with Gasteiger partial charge in [-0.3, -0.25) is 9.59 Å². The topological polar surface area (TPSA) is 69.7 Å². The van der Waals surface area contributed by atoms with Gasteiger partial charge in [0, 0.05) is 24.7 Å². The summed E-state index contributed by atoms with van der Waals surface area (Å²) in [5.74, 6) is -0.808.